The normalized spacial score (nSPS) is 16.1. The summed E-state index contributed by atoms with van der Waals surface area (Å²) in [6.45, 7) is 5.82. The Hall–Kier alpha value is -3.54. The number of carbonyl (C=O) groups excluding carboxylic acids is 2. The van der Waals surface area contributed by atoms with Crippen LogP contribution in [0.5, 0.6) is 5.75 Å². The molecule has 4 rings (SSSR count). The molecule has 0 atom stereocenters. The van der Waals surface area contributed by atoms with E-state index in [1.165, 1.54) is 25.3 Å². The van der Waals surface area contributed by atoms with Crippen LogP contribution in [-0.4, -0.2) is 74.4 Å². The van der Waals surface area contributed by atoms with E-state index in [0.29, 0.717) is 35.1 Å². The Bertz CT molecular complexity index is 1180. The molecule has 39 heavy (non-hydrogen) atoms. The number of piperazine rings is 1. The summed E-state index contributed by atoms with van der Waals surface area (Å²) < 4.78 is 58.1. The van der Waals surface area contributed by atoms with Crippen molar-refractivity contribution >= 4 is 23.3 Å². The minimum atomic E-state index is -5.24. The molecule has 0 unspecified atom stereocenters. The first-order valence-corrected chi connectivity index (χ1v) is 12.9. The van der Waals surface area contributed by atoms with Crippen molar-refractivity contribution in [3.8, 4) is 5.75 Å². The SMILES string of the molecule is CCN1CCN(c2ccc(NCc3ccc(OC)c(F)c3)cc2C(=O)N(CC2CC2)OC(=O)C(F)(F)F)CC1. The number of hydrogen-bond donors (Lipinski definition) is 1. The fraction of sp³-hybridized carbons (Fsp3) is 0.481. The molecule has 2 aromatic carbocycles. The second-order valence-corrected chi connectivity index (χ2v) is 9.66. The molecule has 0 aromatic heterocycles. The molecule has 2 fully saturated rings. The second-order valence-electron chi connectivity index (χ2n) is 9.66. The molecule has 8 nitrogen and oxygen atoms in total. The van der Waals surface area contributed by atoms with Crippen LogP contribution in [0.4, 0.5) is 28.9 Å². The number of nitrogens with zero attached hydrogens (tertiary/aromatic N) is 3. The number of alkyl halides is 3. The highest BCUT2D eigenvalue weighted by atomic mass is 19.4. The van der Waals surface area contributed by atoms with Gasteiger partial charge >= 0.3 is 12.1 Å². The number of hydrogen-bond acceptors (Lipinski definition) is 7. The molecule has 1 saturated carbocycles. The summed E-state index contributed by atoms with van der Waals surface area (Å²) in [7, 11) is 1.37. The lowest BCUT2D eigenvalue weighted by Crippen LogP contribution is -2.47. The Balaban J connectivity index is 1.61. The predicted molar refractivity (Wildman–Crippen MR) is 137 cm³/mol. The van der Waals surface area contributed by atoms with Crippen molar-refractivity contribution in [1.82, 2.24) is 9.96 Å². The maximum atomic E-state index is 14.1. The molecular weight excluding hydrogens is 520 g/mol. The number of benzene rings is 2. The predicted octanol–water partition coefficient (Wildman–Crippen LogP) is 4.46. The van der Waals surface area contributed by atoms with Crippen molar-refractivity contribution in [3.63, 3.8) is 0 Å². The van der Waals surface area contributed by atoms with Crippen LogP contribution < -0.4 is 15.0 Å². The number of ether oxygens (including phenoxy) is 1. The maximum absolute atomic E-state index is 14.1. The second kappa shape index (κ2) is 12.1. The Morgan fingerprint density at radius 3 is 2.38 bits per heavy atom. The Morgan fingerprint density at radius 2 is 1.79 bits per heavy atom. The van der Waals surface area contributed by atoms with Crippen LogP contribution >= 0.6 is 0 Å². The van der Waals surface area contributed by atoms with Gasteiger partial charge in [0.05, 0.1) is 19.2 Å². The summed E-state index contributed by atoms with van der Waals surface area (Å²) in [6.07, 6.45) is -3.77. The number of amides is 1. The monoisotopic (exact) mass is 552 g/mol. The molecule has 1 amide bonds. The molecule has 1 aliphatic carbocycles. The first-order valence-electron chi connectivity index (χ1n) is 12.9. The first kappa shape index (κ1) is 28.5. The summed E-state index contributed by atoms with van der Waals surface area (Å²) in [6, 6.07) is 9.54. The number of methoxy groups -OCH3 is 1. The third-order valence-corrected chi connectivity index (χ3v) is 6.87. The molecule has 0 bridgehead atoms. The quantitative estimate of drug-likeness (QED) is 0.364. The van der Waals surface area contributed by atoms with E-state index >= 15 is 0 Å². The maximum Gasteiger partial charge on any atom is 0.493 e. The van der Waals surface area contributed by atoms with Crippen LogP contribution in [0.2, 0.25) is 0 Å². The summed E-state index contributed by atoms with van der Waals surface area (Å²) in [4.78, 5) is 34.1. The minimum absolute atomic E-state index is 0.0298. The van der Waals surface area contributed by atoms with Gasteiger partial charge in [0, 0.05) is 44.1 Å². The third kappa shape index (κ3) is 7.31. The Morgan fingerprint density at radius 1 is 1.08 bits per heavy atom. The van der Waals surface area contributed by atoms with Gasteiger partial charge in [0.1, 0.15) is 0 Å². The molecule has 1 saturated heterocycles. The lowest BCUT2D eigenvalue weighted by atomic mass is 10.1. The van der Waals surface area contributed by atoms with E-state index in [-0.39, 0.29) is 30.3 Å². The molecule has 1 heterocycles. The topological polar surface area (TPSA) is 74.3 Å². The molecule has 0 spiro atoms. The van der Waals surface area contributed by atoms with Crippen LogP contribution in [-0.2, 0) is 16.2 Å². The number of hydroxylamine groups is 2. The van der Waals surface area contributed by atoms with Crippen molar-refractivity contribution in [2.75, 3.05) is 56.6 Å². The molecular formula is C27H32F4N4O4. The first-order chi connectivity index (χ1) is 18.6. The van der Waals surface area contributed by atoms with Crippen LogP contribution in [0.3, 0.4) is 0 Å². The van der Waals surface area contributed by atoms with Crippen molar-refractivity contribution in [2.45, 2.75) is 32.5 Å². The van der Waals surface area contributed by atoms with Gasteiger partial charge in [-0.3, -0.25) is 4.79 Å². The lowest BCUT2D eigenvalue weighted by Gasteiger charge is -2.36. The van der Waals surface area contributed by atoms with E-state index < -0.39 is 23.9 Å². The molecule has 212 valence electrons. The van der Waals surface area contributed by atoms with Crippen molar-refractivity contribution < 1.29 is 36.7 Å². The van der Waals surface area contributed by atoms with Crippen molar-refractivity contribution in [2.24, 2.45) is 5.92 Å². The highest BCUT2D eigenvalue weighted by molar-refractivity contribution is 6.01. The fourth-order valence-electron chi connectivity index (χ4n) is 4.40. The summed E-state index contributed by atoms with van der Waals surface area (Å²) in [5.41, 5.74) is 1.77. The minimum Gasteiger partial charge on any atom is -0.494 e. The van der Waals surface area contributed by atoms with Crippen molar-refractivity contribution in [1.29, 1.82) is 0 Å². The number of rotatable bonds is 9. The smallest absolute Gasteiger partial charge is 0.493 e. The van der Waals surface area contributed by atoms with Gasteiger partial charge in [-0.15, -0.1) is 0 Å². The van der Waals surface area contributed by atoms with Gasteiger partial charge in [-0.05, 0) is 61.2 Å². The largest absolute Gasteiger partial charge is 0.494 e. The van der Waals surface area contributed by atoms with Crippen LogP contribution in [0.1, 0.15) is 35.7 Å². The van der Waals surface area contributed by atoms with Crippen LogP contribution in [0, 0.1) is 11.7 Å². The third-order valence-electron chi connectivity index (χ3n) is 6.87. The van der Waals surface area contributed by atoms with Gasteiger partial charge in [0.15, 0.2) is 11.6 Å². The van der Waals surface area contributed by atoms with Gasteiger partial charge in [0.2, 0.25) is 0 Å². The average Bonchev–Trinajstić information content (AvgIpc) is 3.74. The van der Waals surface area contributed by atoms with Crippen LogP contribution in [0.15, 0.2) is 36.4 Å². The van der Waals surface area contributed by atoms with E-state index in [1.807, 2.05) is 4.90 Å². The number of likely N-dealkylation sites (N-methyl/N-ethyl adjacent to an activating group) is 1. The van der Waals surface area contributed by atoms with E-state index in [0.717, 1.165) is 32.5 Å². The number of anilines is 2. The van der Waals surface area contributed by atoms with Gasteiger partial charge in [0.25, 0.3) is 5.91 Å². The van der Waals surface area contributed by atoms with Gasteiger partial charge in [-0.2, -0.15) is 18.2 Å². The lowest BCUT2D eigenvalue weighted by molar-refractivity contribution is -0.229. The summed E-state index contributed by atoms with van der Waals surface area (Å²) >= 11 is 0. The molecule has 2 aliphatic rings. The zero-order chi connectivity index (χ0) is 28.2. The van der Waals surface area contributed by atoms with Gasteiger partial charge in [-0.25, -0.2) is 9.18 Å². The summed E-state index contributed by atoms with van der Waals surface area (Å²) in [5.74, 6) is -3.70. The summed E-state index contributed by atoms with van der Waals surface area (Å²) in [5, 5.41) is 3.67. The van der Waals surface area contributed by atoms with E-state index in [1.54, 1.807) is 18.2 Å². The van der Waals surface area contributed by atoms with Crippen molar-refractivity contribution in [3.05, 3.63) is 53.3 Å². The number of halogens is 4. The Labute approximate surface area is 224 Å². The number of carbonyl (C=O) groups is 2. The standard InChI is InChI=1S/C27H32F4N4O4/c1-3-33-10-12-34(13-11-33)23-8-7-20(32-16-19-6-9-24(38-2)22(28)14-19)15-21(23)25(36)35(17-18-4-5-18)39-26(37)27(29,30)31/h6-9,14-15,18,32H,3-5,10-13,16-17H2,1-2H3. The molecule has 1 N–H and O–H groups in total. The fourth-order valence-corrected chi connectivity index (χ4v) is 4.40. The van der Waals surface area contributed by atoms with E-state index in [9.17, 15) is 27.2 Å². The highest BCUT2D eigenvalue weighted by Crippen LogP contribution is 2.33. The van der Waals surface area contributed by atoms with Crippen LogP contribution in [0.25, 0.3) is 0 Å². The van der Waals surface area contributed by atoms with E-state index in [4.69, 9.17) is 4.74 Å². The molecule has 0 radical (unpaired) electrons. The molecule has 2 aromatic rings. The zero-order valence-electron chi connectivity index (χ0n) is 21.9. The van der Waals surface area contributed by atoms with E-state index in [2.05, 4.69) is 22.0 Å². The zero-order valence-corrected chi connectivity index (χ0v) is 21.9. The molecule has 1 aliphatic heterocycles. The molecule has 12 heteroatoms. The van der Waals surface area contributed by atoms with Gasteiger partial charge in [-0.1, -0.05) is 13.0 Å². The highest BCUT2D eigenvalue weighted by Gasteiger charge is 2.44. The van der Waals surface area contributed by atoms with Gasteiger partial charge < -0.3 is 24.7 Å². The number of nitrogens with one attached hydrogen (secondary N) is 1. The Kier molecular flexibility index (Phi) is 8.83. The average molecular weight is 553 g/mol.